The van der Waals surface area contributed by atoms with Crippen molar-refractivity contribution in [1.82, 2.24) is 10.6 Å². The molecule has 0 aliphatic heterocycles. The predicted molar refractivity (Wildman–Crippen MR) is 86.2 cm³/mol. The highest BCUT2D eigenvalue weighted by Crippen LogP contribution is 2.25. The van der Waals surface area contributed by atoms with E-state index in [0.29, 0.717) is 0 Å². The first-order chi connectivity index (χ1) is 6.99. The van der Waals surface area contributed by atoms with Crippen molar-refractivity contribution in [3.05, 3.63) is 0 Å². The van der Waals surface area contributed by atoms with Gasteiger partial charge in [-0.1, -0.05) is 24.4 Å². The van der Waals surface area contributed by atoms with Crippen LogP contribution >= 0.6 is 46.0 Å². The molecule has 2 nitrogen and oxygen atoms in total. The van der Waals surface area contributed by atoms with Crippen LogP contribution in [0.4, 0.5) is 0 Å². The number of thiocarbonyl (C=S) groups is 2. The average Bonchev–Trinajstić information content (AvgIpc) is 1.94. The number of hydrogen-bond donors (Lipinski definition) is 2. The molecule has 0 aromatic rings. The molecule has 6 heteroatoms. The van der Waals surface area contributed by atoms with Crippen LogP contribution in [-0.4, -0.2) is 19.7 Å². The lowest BCUT2D eigenvalue weighted by Gasteiger charge is -2.23. The molecule has 0 aromatic heterocycles. The van der Waals surface area contributed by atoms with E-state index in [2.05, 4.69) is 52.2 Å². The largest absolute Gasteiger partial charge is 0.366 e. The van der Waals surface area contributed by atoms with Gasteiger partial charge in [-0.15, -0.1) is 0 Å². The van der Waals surface area contributed by atoms with Crippen LogP contribution in [-0.2, 0) is 0 Å². The van der Waals surface area contributed by atoms with E-state index in [9.17, 15) is 0 Å². The molecule has 16 heavy (non-hydrogen) atoms. The molecule has 0 saturated carbocycles. The molecule has 0 heterocycles. The van der Waals surface area contributed by atoms with Gasteiger partial charge in [0, 0.05) is 11.1 Å². The van der Waals surface area contributed by atoms with Crippen LogP contribution in [0.5, 0.6) is 0 Å². The Balaban J connectivity index is 3.90. The third-order valence-electron chi connectivity index (χ3n) is 1.15. The van der Waals surface area contributed by atoms with Crippen molar-refractivity contribution < 1.29 is 0 Å². The molecule has 2 N–H and O–H groups in total. The van der Waals surface area contributed by atoms with Crippen LogP contribution < -0.4 is 10.6 Å². The molecule has 0 amide bonds. The molecule has 0 aliphatic rings. The van der Waals surface area contributed by atoms with Gasteiger partial charge in [0.25, 0.3) is 0 Å². The van der Waals surface area contributed by atoms with Gasteiger partial charge in [0.15, 0.2) is 0 Å². The van der Waals surface area contributed by atoms with Gasteiger partial charge in [-0.3, -0.25) is 0 Å². The molecule has 0 aromatic carbocycles. The molecule has 0 spiro atoms. The van der Waals surface area contributed by atoms with Crippen LogP contribution in [0.3, 0.4) is 0 Å². The molecule has 0 saturated heterocycles. The zero-order valence-corrected chi connectivity index (χ0v) is 13.9. The van der Waals surface area contributed by atoms with E-state index in [4.69, 9.17) is 24.4 Å². The van der Waals surface area contributed by atoms with Gasteiger partial charge in [0.2, 0.25) is 0 Å². The van der Waals surface area contributed by atoms with Crippen molar-refractivity contribution in [3.8, 4) is 0 Å². The van der Waals surface area contributed by atoms with Crippen LogP contribution in [0.25, 0.3) is 0 Å². The highest BCUT2D eigenvalue weighted by atomic mass is 33.1. The minimum Gasteiger partial charge on any atom is -0.366 e. The molecule has 0 aliphatic carbocycles. The third kappa shape index (κ3) is 11.0. The van der Waals surface area contributed by atoms with E-state index in [1.165, 1.54) is 21.6 Å². The van der Waals surface area contributed by atoms with Crippen LogP contribution in [0.2, 0.25) is 0 Å². The van der Waals surface area contributed by atoms with Crippen LogP contribution in [0.1, 0.15) is 41.5 Å². The molecule has 0 atom stereocenters. The van der Waals surface area contributed by atoms with E-state index < -0.39 is 0 Å². The highest BCUT2D eigenvalue weighted by Gasteiger charge is 2.14. The molecule has 0 radical (unpaired) electrons. The summed E-state index contributed by atoms with van der Waals surface area (Å²) in [6.45, 7) is 12.5. The van der Waals surface area contributed by atoms with Crippen LogP contribution in [0, 0.1) is 0 Å². The second kappa shape index (κ2) is 6.42. The van der Waals surface area contributed by atoms with E-state index in [-0.39, 0.29) is 11.1 Å². The van der Waals surface area contributed by atoms with Gasteiger partial charge in [-0.05, 0) is 63.1 Å². The number of nitrogens with one attached hydrogen (secondary N) is 2. The van der Waals surface area contributed by atoms with Crippen molar-refractivity contribution in [2.24, 2.45) is 0 Å². The summed E-state index contributed by atoms with van der Waals surface area (Å²) in [5.74, 6) is 0. The molecule has 0 bridgehead atoms. The zero-order chi connectivity index (χ0) is 13.0. The summed E-state index contributed by atoms with van der Waals surface area (Å²) >= 11 is 10.4. The van der Waals surface area contributed by atoms with Crippen molar-refractivity contribution >= 4 is 54.7 Å². The molecular formula is C10H20N2S4. The Hall–Kier alpha value is 0.480. The summed E-state index contributed by atoms with van der Waals surface area (Å²) in [5, 5.41) is 6.45. The average molecular weight is 297 g/mol. The first-order valence-electron chi connectivity index (χ1n) is 4.98. The first kappa shape index (κ1) is 16.5. The van der Waals surface area contributed by atoms with Crippen molar-refractivity contribution in [2.45, 2.75) is 52.6 Å². The Morgan fingerprint density at radius 3 is 1.19 bits per heavy atom. The lowest BCUT2D eigenvalue weighted by molar-refractivity contribution is 0.518. The summed E-state index contributed by atoms with van der Waals surface area (Å²) in [7, 11) is 2.97. The maximum absolute atomic E-state index is 5.21. The minimum atomic E-state index is 0.00369. The Bertz CT molecular complexity index is 235. The predicted octanol–water partition coefficient (Wildman–Crippen LogP) is 3.71. The normalized spacial score (nSPS) is 12.1. The second-order valence-electron chi connectivity index (χ2n) is 5.49. The topological polar surface area (TPSA) is 24.1 Å². The smallest absolute Gasteiger partial charge is 0.145 e. The fourth-order valence-electron chi connectivity index (χ4n) is 0.730. The third-order valence-corrected chi connectivity index (χ3v) is 4.32. The van der Waals surface area contributed by atoms with E-state index in [0.717, 1.165) is 8.64 Å². The summed E-state index contributed by atoms with van der Waals surface area (Å²) in [6, 6.07) is 0. The summed E-state index contributed by atoms with van der Waals surface area (Å²) in [6.07, 6.45) is 0. The van der Waals surface area contributed by atoms with E-state index >= 15 is 0 Å². The number of hydrogen-bond acceptors (Lipinski definition) is 4. The first-order valence-corrected chi connectivity index (χ1v) is 7.95. The second-order valence-corrected chi connectivity index (χ2v) is 8.97. The monoisotopic (exact) mass is 296 g/mol. The summed E-state index contributed by atoms with van der Waals surface area (Å²) in [5.41, 5.74) is 0.00738. The standard InChI is InChI=1S/C10H20N2S4/c1-9(2,3)11-7(13)15-16-8(14)12-10(4,5)6/h1-6H3,(H,11,13)(H,12,14). The SMILES string of the molecule is CC(C)(C)NC(=S)SSC(=S)NC(C)(C)C. The van der Waals surface area contributed by atoms with Gasteiger partial charge < -0.3 is 10.6 Å². The Labute approximate surface area is 117 Å². The van der Waals surface area contributed by atoms with E-state index in [1.807, 2.05) is 0 Å². The van der Waals surface area contributed by atoms with Crippen molar-refractivity contribution in [2.75, 3.05) is 0 Å². The summed E-state index contributed by atoms with van der Waals surface area (Å²) < 4.78 is 1.52. The lowest BCUT2D eigenvalue weighted by atomic mass is 10.1. The van der Waals surface area contributed by atoms with Crippen molar-refractivity contribution in [3.63, 3.8) is 0 Å². The molecule has 0 fully saturated rings. The van der Waals surface area contributed by atoms with Gasteiger partial charge in [0.05, 0.1) is 0 Å². The Kier molecular flexibility index (Phi) is 6.62. The highest BCUT2D eigenvalue weighted by molar-refractivity contribution is 8.89. The van der Waals surface area contributed by atoms with Gasteiger partial charge >= 0.3 is 0 Å². The Morgan fingerprint density at radius 2 is 1.00 bits per heavy atom. The fourth-order valence-corrected chi connectivity index (χ4v) is 3.51. The molecule has 0 rings (SSSR count). The molecular weight excluding hydrogens is 276 g/mol. The minimum absolute atomic E-state index is 0.00369. The van der Waals surface area contributed by atoms with Crippen LogP contribution in [0.15, 0.2) is 0 Å². The van der Waals surface area contributed by atoms with E-state index in [1.54, 1.807) is 0 Å². The quantitative estimate of drug-likeness (QED) is 0.522. The lowest BCUT2D eigenvalue weighted by Crippen LogP contribution is -2.39. The van der Waals surface area contributed by atoms with Gasteiger partial charge in [0.1, 0.15) is 8.64 Å². The van der Waals surface area contributed by atoms with Crippen molar-refractivity contribution in [1.29, 1.82) is 0 Å². The van der Waals surface area contributed by atoms with Gasteiger partial charge in [-0.25, -0.2) is 0 Å². The number of rotatable bonds is 0. The Morgan fingerprint density at radius 1 is 0.750 bits per heavy atom. The maximum atomic E-state index is 5.21. The molecule has 0 unspecified atom stereocenters. The fraction of sp³-hybridized carbons (Fsp3) is 0.800. The zero-order valence-electron chi connectivity index (χ0n) is 10.6. The molecule has 94 valence electrons. The maximum Gasteiger partial charge on any atom is 0.145 e. The summed E-state index contributed by atoms with van der Waals surface area (Å²) in [4.78, 5) is 0. The van der Waals surface area contributed by atoms with Gasteiger partial charge in [-0.2, -0.15) is 0 Å².